The van der Waals surface area contributed by atoms with Gasteiger partial charge in [0.15, 0.2) is 0 Å². The van der Waals surface area contributed by atoms with E-state index in [9.17, 15) is 14.4 Å². The van der Waals surface area contributed by atoms with Crippen LogP contribution in [0.3, 0.4) is 0 Å². The van der Waals surface area contributed by atoms with Crippen LogP contribution in [0.1, 0.15) is 51.6 Å². The molecule has 6 nitrogen and oxygen atoms in total. The van der Waals surface area contributed by atoms with Crippen molar-refractivity contribution in [2.75, 3.05) is 13.1 Å². The van der Waals surface area contributed by atoms with Crippen molar-refractivity contribution >= 4 is 17.7 Å². The Labute approximate surface area is 151 Å². The molecule has 0 radical (unpaired) electrons. The van der Waals surface area contributed by atoms with Crippen LogP contribution in [0.5, 0.6) is 0 Å². The van der Waals surface area contributed by atoms with Crippen LogP contribution in [0, 0.1) is 0 Å². The number of aromatic nitrogens is 1. The first kappa shape index (κ1) is 16.4. The number of amides is 3. The van der Waals surface area contributed by atoms with Gasteiger partial charge in [-0.3, -0.25) is 24.3 Å². The Morgan fingerprint density at radius 1 is 1.04 bits per heavy atom. The van der Waals surface area contributed by atoms with Gasteiger partial charge in [0.25, 0.3) is 11.8 Å². The summed E-state index contributed by atoms with van der Waals surface area (Å²) in [6.07, 6.45) is 6.30. The summed E-state index contributed by atoms with van der Waals surface area (Å²) in [6, 6.07) is 10.5. The molecule has 0 spiro atoms. The van der Waals surface area contributed by atoms with E-state index in [0.717, 1.165) is 29.7 Å². The third kappa shape index (κ3) is 2.77. The smallest absolute Gasteiger partial charge is 0.262 e. The molecule has 26 heavy (non-hydrogen) atoms. The Balaban J connectivity index is 1.54. The lowest BCUT2D eigenvalue weighted by Gasteiger charge is -2.36. The van der Waals surface area contributed by atoms with E-state index in [1.165, 1.54) is 0 Å². The minimum absolute atomic E-state index is 0.0554. The van der Waals surface area contributed by atoms with Crippen LogP contribution in [0.4, 0.5) is 0 Å². The number of rotatable bonds is 3. The first-order valence-electron chi connectivity index (χ1n) is 8.81. The fraction of sp³-hybridized carbons (Fsp3) is 0.300. The molecule has 0 unspecified atom stereocenters. The normalized spacial score (nSPS) is 19.6. The molecular formula is C20H19N3O3. The van der Waals surface area contributed by atoms with E-state index in [1.807, 2.05) is 12.1 Å². The molecule has 3 heterocycles. The third-order valence-corrected chi connectivity index (χ3v) is 5.06. The third-order valence-electron chi connectivity index (χ3n) is 5.06. The standard InChI is InChI=1S/C20H19N3O3/c24-18(13-23-19(25)15-7-1-2-8-16(15)20(23)26)22-11-4-3-9-17(22)14-6-5-10-21-12-14/h1-2,5-8,10,12,17H,3-4,9,11,13H2/t17-/m1/s1. The van der Waals surface area contributed by atoms with Crippen LogP contribution in [0.25, 0.3) is 0 Å². The van der Waals surface area contributed by atoms with E-state index in [2.05, 4.69) is 4.98 Å². The second-order valence-corrected chi connectivity index (χ2v) is 6.63. The van der Waals surface area contributed by atoms with Gasteiger partial charge in [-0.15, -0.1) is 0 Å². The molecule has 1 fully saturated rings. The van der Waals surface area contributed by atoms with Crippen molar-refractivity contribution in [3.8, 4) is 0 Å². The number of carbonyl (C=O) groups excluding carboxylic acids is 3. The first-order valence-corrected chi connectivity index (χ1v) is 8.81. The molecule has 1 aromatic heterocycles. The van der Waals surface area contributed by atoms with Crippen LogP contribution in [-0.2, 0) is 4.79 Å². The summed E-state index contributed by atoms with van der Waals surface area (Å²) in [4.78, 5) is 44.9. The number of benzene rings is 1. The topological polar surface area (TPSA) is 70.6 Å². The molecular weight excluding hydrogens is 330 g/mol. The highest BCUT2D eigenvalue weighted by atomic mass is 16.2. The van der Waals surface area contributed by atoms with Gasteiger partial charge in [-0.05, 0) is 43.0 Å². The zero-order valence-electron chi connectivity index (χ0n) is 14.3. The summed E-state index contributed by atoms with van der Waals surface area (Å²) in [5.41, 5.74) is 1.73. The van der Waals surface area contributed by atoms with Gasteiger partial charge in [-0.1, -0.05) is 18.2 Å². The molecule has 132 valence electrons. The van der Waals surface area contributed by atoms with Crippen molar-refractivity contribution in [2.45, 2.75) is 25.3 Å². The molecule has 1 aromatic carbocycles. The van der Waals surface area contributed by atoms with Crippen LogP contribution in [0.2, 0.25) is 0 Å². The average Bonchev–Trinajstić information content (AvgIpc) is 2.94. The zero-order chi connectivity index (χ0) is 18.1. The summed E-state index contributed by atoms with van der Waals surface area (Å²) in [5, 5.41) is 0. The van der Waals surface area contributed by atoms with E-state index >= 15 is 0 Å². The van der Waals surface area contributed by atoms with E-state index < -0.39 is 11.8 Å². The van der Waals surface area contributed by atoms with Crippen molar-refractivity contribution in [3.63, 3.8) is 0 Å². The second-order valence-electron chi connectivity index (χ2n) is 6.63. The van der Waals surface area contributed by atoms with Gasteiger partial charge in [-0.2, -0.15) is 0 Å². The molecule has 1 saturated heterocycles. The fourth-order valence-corrected chi connectivity index (χ4v) is 3.76. The molecule has 6 heteroatoms. The van der Waals surface area contributed by atoms with Crippen LogP contribution >= 0.6 is 0 Å². The van der Waals surface area contributed by atoms with Gasteiger partial charge < -0.3 is 4.90 Å². The van der Waals surface area contributed by atoms with Crippen LogP contribution in [-0.4, -0.2) is 45.6 Å². The van der Waals surface area contributed by atoms with Gasteiger partial charge in [0, 0.05) is 18.9 Å². The van der Waals surface area contributed by atoms with Crippen molar-refractivity contribution in [2.24, 2.45) is 0 Å². The number of nitrogens with zero attached hydrogens (tertiary/aromatic N) is 3. The maximum absolute atomic E-state index is 12.9. The Morgan fingerprint density at radius 3 is 2.42 bits per heavy atom. The highest BCUT2D eigenvalue weighted by Gasteiger charge is 2.38. The van der Waals surface area contributed by atoms with Crippen LogP contribution in [0.15, 0.2) is 48.8 Å². The Kier molecular flexibility index (Phi) is 4.24. The van der Waals surface area contributed by atoms with Crippen molar-refractivity contribution in [1.29, 1.82) is 0 Å². The lowest BCUT2D eigenvalue weighted by molar-refractivity contribution is -0.135. The van der Waals surface area contributed by atoms with Crippen molar-refractivity contribution in [3.05, 3.63) is 65.5 Å². The average molecular weight is 349 g/mol. The number of imide groups is 1. The van der Waals surface area contributed by atoms with Crippen molar-refractivity contribution in [1.82, 2.24) is 14.8 Å². The summed E-state index contributed by atoms with van der Waals surface area (Å²) >= 11 is 0. The second kappa shape index (κ2) is 6.71. The predicted octanol–water partition coefficient (Wildman–Crippen LogP) is 2.43. The molecule has 2 aromatic rings. The summed E-state index contributed by atoms with van der Waals surface area (Å²) < 4.78 is 0. The lowest BCUT2D eigenvalue weighted by Crippen LogP contribution is -2.45. The minimum atomic E-state index is -0.395. The number of piperidine rings is 1. The van der Waals surface area contributed by atoms with Gasteiger partial charge in [0.2, 0.25) is 5.91 Å². The molecule has 1 atom stereocenters. The summed E-state index contributed by atoms with van der Waals surface area (Å²) in [6.45, 7) is 0.407. The molecule has 0 N–H and O–H groups in total. The van der Waals surface area contributed by atoms with Gasteiger partial charge in [0.1, 0.15) is 6.54 Å². The molecule has 2 aliphatic rings. The molecule has 2 aliphatic heterocycles. The number of carbonyl (C=O) groups is 3. The predicted molar refractivity (Wildman–Crippen MR) is 94.4 cm³/mol. The summed E-state index contributed by atoms with van der Waals surface area (Å²) in [7, 11) is 0. The van der Waals surface area contributed by atoms with E-state index in [4.69, 9.17) is 0 Å². The minimum Gasteiger partial charge on any atom is -0.334 e. The highest BCUT2D eigenvalue weighted by Crippen LogP contribution is 2.31. The Hall–Kier alpha value is -3.02. The first-order chi connectivity index (χ1) is 12.7. The Bertz CT molecular complexity index is 831. The van der Waals surface area contributed by atoms with Crippen molar-refractivity contribution < 1.29 is 14.4 Å². The molecule has 0 saturated carbocycles. The van der Waals surface area contributed by atoms with Gasteiger partial charge in [-0.25, -0.2) is 0 Å². The van der Waals surface area contributed by atoms with Crippen LogP contribution < -0.4 is 0 Å². The molecule has 0 aliphatic carbocycles. The number of pyridine rings is 1. The zero-order valence-corrected chi connectivity index (χ0v) is 14.3. The van der Waals surface area contributed by atoms with E-state index in [-0.39, 0.29) is 18.5 Å². The van der Waals surface area contributed by atoms with E-state index in [1.54, 1.807) is 41.6 Å². The maximum atomic E-state index is 12.9. The monoisotopic (exact) mass is 349 g/mol. The van der Waals surface area contributed by atoms with E-state index in [0.29, 0.717) is 17.7 Å². The molecule has 3 amide bonds. The maximum Gasteiger partial charge on any atom is 0.262 e. The van der Waals surface area contributed by atoms with Gasteiger partial charge in [0.05, 0.1) is 17.2 Å². The number of hydrogen-bond acceptors (Lipinski definition) is 4. The largest absolute Gasteiger partial charge is 0.334 e. The highest BCUT2D eigenvalue weighted by molar-refractivity contribution is 6.22. The fourth-order valence-electron chi connectivity index (χ4n) is 3.76. The Morgan fingerprint density at radius 2 is 1.77 bits per heavy atom. The summed E-state index contributed by atoms with van der Waals surface area (Å²) in [5.74, 6) is -0.990. The number of fused-ring (bicyclic) bond motifs is 1. The number of hydrogen-bond donors (Lipinski definition) is 0. The SMILES string of the molecule is O=C1c2ccccc2C(=O)N1CC(=O)N1CCCC[C@@H]1c1cccnc1. The van der Waals surface area contributed by atoms with Gasteiger partial charge >= 0.3 is 0 Å². The number of likely N-dealkylation sites (tertiary alicyclic amines) is 1. The lowest BCUT2D eigenvalue weighted by atomic mass is 9.96. The molecule has 0 bridgehead atoms. The molecule has 4 rings (SSSR count). The quantitative estimate of drug-likeness (QED) is 0.798.